The topological polar surface area (TPSA) is 56.6 Å². The van der Waals surface area contributed by atoms with Crippen molar-refractivity contribution >= 4 is 17.2 Å². The van der Waals surface area contributed by atoms with Crippen molar-refractivity contribution in [1.82, 2.24) is 10.2 Å². The number of H-pyrrole nitrogens is 1. The van der Waals surface area contributed by atoms with Gasteiger partial charge in [0.05, 0.1) is 11.9 Å². The second-order valence-electron chi connectivity index (χ2n) is 3.55. The molecule has 0 bridgehead atoms. The van der Waals surface area contributed by atoms with Crippen LogP contribution in [0.4, 0.5) is 17.2 Å². The summed E-state index contributed by atoms with van der Waals surface area (Å²) in [6.45, 7) is 0. The van der Waals surface area contributed by atoms with E-state index < -0.39 is 0 Å². The SMILES string of the molecule is CN(C)c1ccc(N=Nc2ccn[nH]2)cc1. The molecule has 1 N–H and O–H groups in total. The highest BCUT2D eigenvalue weighted by Crippen LogP contribution is 2.19. The van der Waals surface area contributed by atoms with Crippen LogP contribution < -0.4 is 4.90 Å². The zero-order valence-corrected chi connectivity index (χ0v) is 9.25. The number of hydrogen-bond acceptors (Lipinski definition) is 4. The summed E-state index contributed by atoms with van der Waals surface area (Å²) in [5, 5.41) is 14.6. The summed E-state index contributed by atoms with van der Waals surface area (Å²) >= 11 is 0. The molecular weight excluding hydrogens is 202 g/mol. The van der Waals surface area contributed by atoms with Crippen LogP contribution >= 0.6 is 0 Å². The van der Waals surface area contributed by atoms with Crippen LogP contribution in [-0.4, -0.2) is 24.3 Å². The fraction of sp³-hybridized carbons (Fsp3) is 0.182. The maximum Gasteiger partial charge on any atom is 0.170 e. The first-order chi connectivity index (χ1) is 7.75. The molecule has 1 heterocycles. The minimum atomic E-state index is 0.650. The normalized spacial score (nSPS) is 10.9. The van der Waals surface area contributed by atoms with Crippen LogP contribution in [0.3, 0.4) is 0 Å². The maximum atomic E-state index is 4.08. The molecule has 0 atom stereocenters. The summed E-state index contributed by atoms with van der Waals surface area (Å²) in [6, 6.07) is 9.62. The molecule has 0 amide bonds. The highest BCUT2D eigenvalue weighted by Gasteiger charge is 1.95. The van der Waals surface area contributed by atoms with Gasteiger partial charge in [-0.15, -0.1) is 10.2 Å². The highest BCUT2D eigenvalue weighted by atomic mass is 15.2. The van der Waals surface area contributed by atoms with E-state index in [0.29, 0.717) is 5.82 Å². The van der Waals surface area contributed by atoms with Crippen molar-refractivity contribution < 1.29 is 0 Å². The zero-order chi connectivity index (χ0) is 11.4. The van der Waals surface area contributed by atoms with Crippen LogP contribution in [0.5, 0.6) is 0 Å². The van der Waals surface area contributed by atoms with E-state index in [0.717, 1.165) is 11.4 Å². The van der Waals surface area contributed by atoms with Gasteiger partial charge in [-0.05, 0) is 24.3 Å². The average Bonchev–Trinajstić information content (AvgIpc) is 2.80. The van der Waals surface area contributed by atoms with Crippen molar-refractivity contribution in [1.29, 1.82) is 0 Å². The number of nitrogens with zero attached hydrogens (tertiary/aromatic N) is 4. The Labute approximate surface area is 93.8 Å². The molecule has 1 aromatic heterocycles. The minimum Gasteiger partial charge on any atom is -0.378 e. The molecule has 82 valence electrons. The van der Waals surface area contributed by atoms with E-state index in [1.807, 2.05) is 43.3 Å². The lowest BCUT2D eigenvalue weighted by molar-refractivity contribution is 1.05. The molecule has 0 aliphatic heterocycles. The van der Waals surface area contributed by atoms with E-state index in [9.17, 15) is 0 Å². The number of hydrogen-bond donors (Lipinski definition) is 1. The molecule has 0 aliphatic rings. The first kappa shape index (κ1) is 10.4. The molecule has 1 aromatic carbocycles. The van der Waals surface area contributed by atoms with E-state index in [2.05, 4.69) is 20.4 Å². The molecule has 5 heteroatoms. The molecule has 5 nitrogen and oxygen atoms in total. The fourth-order valence-electron chi connectivity index (χ4n) is 1.23. The summed E-state index contributed by atoms with van der Waals surface area (Å²) in [6.07, 6.45) is 1.64. The molecule has 0 fully saturated rings. The van der Waals surface area contributed by atoms with Crippen molar-refractivity contribution in [2.75, 3.05) is 19.0 Å². The van der Waals surface area contributed by atoms with Gasteiger partial charge in [-0.2, -0.15) is 5.10 Å². The second kappa shape index (κ2) is 4.57. The highest BCUT2D eigenvalue weighted by molar-refractivity contribution is 5.51. The quantitative estimate of drug-likeness (QED) is 0.800. The van der Waals surface area contributed by atoms with Crippen molar-refractivity contribution in [2.45, 2.75) is 0 Å². The van der Waals surface area contributed by atoms with Crippen molar-refractivity contribution in [3.63, 3.8) is 0 Å². The summed E-state index contributed by atoms with van der Waals surface area (Å²) in [5.41, 5.74) is 1.96. The van der Waals surface area contributed by atoms with E-state index in [4.69, 9.17) is 0 Å². The van der Waals surface area contributed by atoms with Crippen LogP contribution in [0.2, 0.25) is 0 Å². The third kappa shape index (κ3) is 2.44. The predicted molar refractivity (Wildman–Crippen MR) is 63.5 cm³/mol. The third-order valence-electron chi connectivity index (χ3n) is 2.13. The predicted octanol–water partition coefficient (Wildman–Crippen LogP) is 2.89. The maximum absolute atomic E-state index is 4.08. The number of aromatic amines is 1. The molecule has 2 rings (SSSR count). The fourth-order valence-corrected chi connectivity index (χ4v) is 1.23. The zero-order valence-electron chi connectivity index (χ0n) is 9.25. The van der Waals surface area contributed by atoms with Crippen molar-refractivity contribution in [3.8, 4) is 0 Å². The number of nitrogens with one attached hydrogen (secondary N) is 1. The van der Waals surface area contributed by atoms with Gasteiger partial charge in [-0.3, -0.25) is 5.10 Å². The van der Waals surface area contributed by atoms with Gasteiger partial charge in [0.15, 0.2) is 5.82 Å². The van der Waals surface area contributed by atoms with E-state index in [1.165, 1.54) is 0 Å². The molecule has 16 heavy (non-hydrogen) atoms. The smallest absolute Gasteiger partial charge is 0.170 e. The average molecular weight is 215 g/mol. The minimum absolute atomic E-state index is 0.650. The molecule has 0 saturated heterocycles. The molecular formula is C11H13N5. The second-order valence-corrected chi connectivity index (χ2v) is 3.55. The lowest BCUT2D eigenvalue weighted by Crippen LogP contribution is -2.07. The molecule has 0 saturated carbocycles. The molecule has 0 unspecified atom stereocenters. The Morgan fingerprint density at radius 1 is 1.06 bits per heavy atom. The van der Waals surface area contributed by atoms with Gasteiger partial charge in [0, 0.05) is 25.8 Å². The van der Waals surface area contributed by atoms with E-state index in [-0.39, 0.29) is 0 Å². The monoisotopic (exact) mass is 215 g/mol. The standard InChI is InChI=1S/C11H13N5/c1-16(2)10-5-3-9(4-6-10)13-15-11-7-8-12-14-11/h3-8H,1-2H3,(H,12,14). The summed E-state index contributed by atoms with van der Waals surface area (Å²) in [7, 11) is 4.00. The van der Waals surface area contributed by atoms with Gasteiger partial charge in [-0.25, -0.2) is 0 Å². The lowest BCUT2D eigenvalue weighted by atomic mass is 10.3. The van der Waals surface area contributed by atoms with Crippen molar-refractivity contribution in [2.24, 2.45) is 10.2 Å². The number of rotatable bonds is 3. The van der Waals surface area contributed by atoms with E-state index >= 15 is 0 Å². The summed E-state index contributed by atoms with van der Waals surface area (Å²) in [4.78, 5) is 2.04. The molecule has 0 spiro atoms. The molecule has 0 radical (unpaired) electrons. The first-order valence-corrected chi connectivity index (χ1v) is 4.94. The largest absolute Gasteiger partial charge is 0.378 e. The van der Waals surface area contributed by atoms with Gasteiger partial charge in [0.2, 0.25) is 0 Å². The first-order valence-electron chi connectivity index (χ1n) is 4.94. The Kier molecular flexibility index (Phi) is 2.95. The Balaban J connectivity index is 2.11. The Morgan fingerprint density at radius 3 is 2.38 bits per heavy atom. The Hall–Kier alpha value is -2.17. The number of azo groups is 1. The van der Waals surface area contributed by atoms with Crippen molar-refractivity contribution in [3.05, 3.63) is 36.5 Å². The Bertz CT molecular complexity index is 456. The van der Waals surface area contributed by atoms with Gasteiger partial charge in [0.1, 0.15) is 0 Å². The van der Waals surface area contributed by atoms with Gasteiger partial charge in [-0.1, -0.05) is 0 Å². The number of benzene rings is 1. The van der Waals surface area contributed by atoms with Crippen LogP contribution in [0, 0.1) is 0 Å². The molecule has 2 aromatic rings. The number of aromatic nitrogens is 2. The summed E-state index contributed by atoms with van der Waals surface area (Å²) < 4.78 is 0. The van der Waals surface area contributed by atoms with Crippen LogP contribution in [0.15, 0.2) is 46.8 Å². The van der Waals surface area contributed by atoms with Gasteiger partial charge >= 0.3 is 0 Å². The molecule has 0 aliphatic carbocycles. The number of anilines is 1. The van der Waals surface area contributed by atoms with E-state index in [1.54, 1.807) is 12.3 Å². The van der Waals surface area contributed by atoms with Gasteiger partial charge < -0.3 is 4.90 Å². The lowest BCUT2D eigenvalue weighted by Gasteiger charge is -2.11. The van der Waals surface area contributed by atoms with Crippen LogP contribution in [0.25, 0.3) is 0 Å². The third-order valence-corrected chi connectivity index (χ3v) is 2.13. The Morgan fingerprint density at radius 2 is 1.81 bits per heavy atom. The van der Waals surface area contributed by atoms with Gasteiger partial charge in [0.25, 0.3) is 0 Å². The van der Waals surface area contributed by atoms with Crippen LogP contribution in [0.1, 0.15) is 0 Å². The van der Waals surface area contributed by atoms with Crippen LogP contribution in [-0.2, 0) is 0 Å². The summed E-state index contributed by atoms with van der Waals surface area (Å²) in [5.74, 6) is 0.650.